The lowest BCUT2D eigenvalue weighted by Gasteiger charge is -2.16. The van der Waals surface area contributed by atoms with Crippen molar-refractivity contribution >= 4 is 12.0 Å². The van der Waals surface area contributed by atoms with Crippen molar-refractivity contribution in [2.24, 2.45) is 0 Å². The number of amides is 2. The van der Waals surface area contributed by atoms with Crippen LogP contribution in [0.4, 0.5) is 10.7 Å². The number of rotatable bonds is 8. The third-order valence-electron chi connectivity index (χ3n) is 3.13. The largest absolute Gasteiger partial charge is 0.491 e. The van der Waals surface area contributed by atoms with Gasteiger partial charge in [0.05, 0.1) is 6.04 Å². The number of carbonyl (C=O) groups is 1. The summed E-state index contributed by atoms with van der Waals surface area (Å²) in [5.41, 5.74) is 1.14. The summed E-state index contributed by atoms with van der Waals surface area (Å²) in [5.74, 6) is 1.34. The third-order valence-corrected chi connectivity index (χ3v) is 3.13. The standard InChI is InChI=1S/C17H23N5O2/c1-13-5-3-6-15(11-13)24-12-14(2)22-17(23)21-10-9-20-16-18-7-4-8-19-16/h3-8,11,14H,9-10,12H2,1-2H3,(H,18,19,20)(H2,21,22,23)/t14-/m0/s1. The Kier molecular flexibility index (Phi) is 6.82. The van der Waals surface area contributed by atoms with Gasteiger partial charge in [-0.2, -0.15) is 0 Å². The normalized spacial score (nSPS) is 11.4. The van der Waals surface area contributed by atoms with Gasteiger partial charge in [0.15, 0.2) is 0 Å². The monoisotopic (exact) mass is 329 g/mol. The van der Waals surface area contributed by atoms with Gasteiger partial charge in [-0.15, -0.1) is 0 Å². The molecule has 24 heavy (non-hydrogen) atoms. The molecule has 1 aromatic carbocycles. The van der Waals surface area contributed by atoms with E-state index in [1.54, 1.807) is 18.5 Å². The first kappa shape index (κ1) is 17.5. The third kappa shape index (κ3) is 6.51. The number of anilines is 1. The molecule has 1 atom stereocenters. The zero-order chi connectivity index (χ0) is 17.2. The summed E-state index contributed by atoms with van der Waals surface area (Å²) in [6.07, 6.45) is 3.32. The van der Waals surface area contributed by atoms with Gasteiger partial charge in [0.25, 0.3) is 0 Å². The molecule has 0 saturated carbocycles. The van der Waals surface area contributed by atoms with Gasteiger partial charge in [0, 0.05) is 25.5 Å². The van der Waals surface area contributed by atoms with Crippen LogP contribution in [0.15, 0.2) is 42.7 Å². The van der Waals surface area contributed by atoms with Crippen LogP contribution in [-0.2, 0) is 0 Å². The van der Waals surface area contributed by atoms with Crippen molar-refractivity contribution in [1.82, 2.24) is 20.6 Å². The summed E-state index contributed by atoms with van der Waals surface area (Å²) in [6.45, 7) is 5.33. The molecule has 0 bridgehead atoms. The van der Waals surface area contributed by atoms with E-state index < -0.39 is 0 Å². The predicted molar refractivity (Wildman–Crippen MR) is 93.2 cm³/mol. The lowest BCUT2D eigenvalue weighted by atomic mass is 10.2. The summed E-state index contributed by atoms with van der Waals surface area (Å²) in [6, 6.07) is 9.23. The topological polar surface area (TPSA) is 88.2 Å². The van der Waals surface area contributed by atoms with E-state index in [-0.39, 0.29) is 12.1 Å². The molecule has 7 heteroatoms. The van der Waals surface area contributed by atoms with Crippen LogP contribution >= 0.6 is 0 Å². The van der Waals surface area contributed by atoms with Gasteiger partial charge in [-0.25, -0.2) is 14.8 Å². The number of benzene rings is 1. The number of urea groups is 1. The van der Waals surface area contributed by atoms with Crippen LogP contribution in [0.2, 0.25) is 0 Å². The lowest BCUT2D eigenvalue weighted by molar-refractivity contribution is 0.227. The van der Waals surface area contributed by atoms with Crippen molar-refractivity contribution in [2.75, 3.05) is 25.0 Å². The van der Waals surface area contributed by atoms with E-state index in [4.69, 9.17) is 4.74 Å². The number of ether oxygens (including phenoxy) is 1. The molecule has 0 saturated heterocycles. The highest BCUT2D eigenvalue weighted by molar-refractivity contribution is 5.74. The minimum Gasteiger partial charge on any atom is -0.491 e. The van der Waals surface area contributed by atoms with Gasteiger partial charge in [0.1, 0.15) is 12.4 Å². The number of nitrogens with one attached hydrogen (secondary N) is 3. The molecule has 1 aromatic heterocycles. The number of aryl methyl sites for hydroxylation is 1. The molecule has 0 fully saturated rings. The van der Waals surface area contributed by atoms with Crippen molar-refractivity contribution < 1.29 is 9.53 Å². The van der Waals surface area contributed by atoms with Crippen molar-refractivity contribution in [3.63, 3.8) is 0 Å². The summed E-state index contributed by atoms with van der Waals surface area (Å²) in [5, 5.41) is 8.61. The fraction of sp³-hybridized carbons (Fsp3) is 0.353. The fourth-order valence-electron chi connectivity index (χ4n) is 1.98. The Bertz CT molecular complexity index is 636. The van der Waals surface area contributed by atoms with Gasteiger partial charge < -0.3 is 20.7 Å². The molecule has 128 valence electrons. The summed E-state index contributed by atoms with van der Waals surface area (Å²) in [7, 11) is 0. The smallest absolute Gasteiger partial charge is 0.315 e. The highest BCUT2D eigenvalue weighted by Crippen LogP contribution is 2.12. The molecular formula is C17H23N5O2. The maximum absolute atomic E-state index is 11.8. The van der Waals surface area contributed by atoms with E-state index in [0.717, 1.165) is 11.3 Å². The Hall–Kier alpha value is -2.83. The van der Waals surface area contributed by atoms with Crippen LogP contribution in [0, 0.1) is 6.92 Å². The molecule has 7 nitrogen and oxygen atoms in total. The Balaban J connectivity index is 1.59. The van der Waals surface area contributed by atoms with E-state index in [1.165, 1.54) is 0 Å². The maximum atomic E-state index is 11.8. The molecule has 2 amide bonds. The van der Waals surface area contributed by atoms with Gasteiger partial charge in [-0.05, 0) is 37.6 Å². The maximum Gasteiger partial charge on any atom is 0.315 e. The van der Waals surface area contributed by atoms with E-state index >= 15 is 0 Å². The first-order valence-corrected chi connectivity index (χ1v) is 7.88. The molecule has 2 aromatic rings. The Morgan fingerprint density at radius 3 is 2.75 bits per heavy atom. The second kappa shape index (κ2) is 9.34. The van der Waals surface area contributed by atoms with Crippen LogP contribution in [0.5, 0.6) is 5.75 Å². The Morgan fingerprint density at radius 1 is 1.21 bits per heavy atom. The number of nitrogens with zero attached hydrogens (tertiary/aromatic N) is 2. The highest BCUT2D eigenvalue weighted by atomic mass is 16.5. The fourth-order valence-corrected chi connectivity index (χ4v) is 1.98. The molecule has 2 rings (SSSR count). The molecule has 0 spiro atoms. The number of aromatic nitrogens is 2. The van der Waals surface area contributed by atoms with Crippen molar-refractivity contribution in [1.29, 1.82) is 0 Å². The highest BCUT2D eigenvalue weighted by Gasteiger charge is 2.07. The minimum atomic E-state index is -0.230. The Morgan fingerprint density at radius 2 is 2.00 bits per heavy atom. The summed E-state index contributed by atoms with van der Waals surface area (Å²) in [4.78, 5) is 19.9. The van der Waals surface area contributed by atoms with Crippen LogP contribution in [0.25, 0.3) is 0 Å². The molecule has 0 aliphatic carbocycles. The number of hydrogen-bond donors (Lipinski definition) is 3. The second-order valence-electron chi connectivity index (χ2n) is 5.43. The first-order valence-electron chi connectivity index (χ1n) is 7.88. The molecule has 0 aliphatic rings. The minimum absolute atomic E-state index is 0.101. The quantitative estimate of drug-likeness (QED) is 0.644. The lowest BCUT2D eigenvalue weighted by Crippen LogP contribution is -2.44. The van der Waals surface area contributed by atoms with Crippen LogP contribution in [0.3, 0.4) is 0 Å². The van der Waals surface area contributed by atoms with E-state index in [1.807, 2.05) is 38.1 Å². The van der Waals surface area contributed by atoms with Crippen molar-refractivity contribution in [2.45, 2.75) is 19.9 Å². The van der Waals surface area contributed by atoms with E-state index in [9.17, 15) is 4.79 Å². The van der Waals surface area contributed by atoms with Gasteiger partial charge in [-0.1, -0.05) is 12.1 Å². The van der Waals surface area contributed by atoms with Crippen molar-refractivity contribution in [3.05, 3.63) is 48.3 Å². The number of carbonyl (C=O) groups excluding carboxylic acids is 1. The van der Waals surface area contributed by atoms with Crippen LogP contribution in [0.1, 0.15) is 12.5 Å². The molecule has 1 heterocycles. The molecule has 0 aliphatic heterocycles. The van der Waals surface area contributed by atoms with Gasteiger partial charge in [-0.3, -0.25) is 0 Å². The van der Waals surface area contributed by atoms with E-state index in [2.05, 4.69) is 25.9 Å². The number of hydrogen-bond acceptors (Lipinski definition) is 5. The van der Waals surface area contributed by atoms with Gasteiger partial charge >= 0.3 is 6.03 Å². The zero-order valence-corrected chi connectivity index (χ0v) is 14.0. The average Bonchev–Trinajstić information content (AvgIpc) is 2.58. The molecule has 0 radical (unpaired) electrons. The predicted octanol–water partition coefficient (Wildman–Crippen LogP) is 1.96. The van der Waals surface area contributed by atoms with E-state index in [0.29, 0.717) is 25.6 Å². The summed E-state index contributed by atoms with van der Waals surface area (Å²) < 4.78 is 5.66. The van der Waals surface area contributed by atoms with Crippen molar-refractivity contribution in [3.8, 4) is 5.75 Å². The Labute approximate surface area is 141 Å². The average molecular weight is 329 g/mol. The first-order chi connectivity index (χ1) is 11.6. The molecule has 0 unspecified atom stereocenters. The molecule has 3 N–H and O–H groups in total. The summed E-state index contributed by atoms with van der Waals surface area (Å²) >= 11 is 0. The van der Waals surface area contributed by atoms with Crippen LogP contribution < -0.4 is 20.7 Å². The SMILES string of the molecule is Cc1cccc(OC[C@H](C)NC(=O)NCCNc2ncccn2)c1. The molecular weight excluding hydrogens is 306 g/mol. The van der Waals surface area contributed by atoms with Crippen LogP contribution in [-0.4, -0.2) is 41.7 Å². The van der Waals surface area contributed by atoms with Gasteiger partial charge in [0.2, 0.25) is 5.95 Å². The second-order valence-corrected chi connectivity index (χ2v) is 5.43. The zero-order valence-electron chi connectivity index (χ0n) is 14.0.